The SMILES string of the molecule is C[C@H](O)c1ccc(Oc2ccc(Cl)cc2Br)c(Cl)c1. The average molecular weight is 362 g/mol. The first-order chi connectivity index (χ1) is 8.97. The van der Waals surface area contributed by atoms with Gasteiger partial charge in [-0.05, 0) is 58.7 Å². The summed E-state index contributed by atoms with van der Waals surface area (Å²) in [6, 6.07) is 10.4. The van der Waals surface area contributed by atoms with Crippen molar-refractivity contribution in [2.45, 2.75) is 13.0 Å². The maximum atomic E-state index is 9.48. The normalized spacial score (nSPS) is 12.3. The molecule has 0 spiro atoms. The van der Waals surface area contributed by atoms with E-state index in [0.29, 0.717) is 21.5 Å². The molecule has 5 heteroatoms. The standard InChI is InChI=1S/C14H11BrCl2O2/c1-8(18)9-2-4-14(12(17)6-9)19-13-5-3-10(16)7-11(13)15/h2-8,18H,1H3/t8-/m0/s1. The van der Waals surface area contributed by atoms with E-state index in [4.69, 9.17) is 27.9 Å². The molecule has 0 aromatic heterocycles. The molecule has 0 bridgehead atoms. The fraction of sp³-hybridized carbons (Fsp3) is 0.143. The Morgan fingerprint density at radius 3 is 2.37 bits per heavy atom. The molecule has 0 unspecified atom stereocenters. The summed E-state index contributed by atoms with van der Waals surface area (Å²) in [7, 11) is 0. The molecule has 2 rings (SSSR count). The van der Waals surface area contributed by atoms with Crippen molar-refractivity contribution < 1.29 is 9.84 Å². The minimum atomic E-state index is -0.561. The monoisotopic (exact) mass is 360 g/mol. The summed E-state index contributed by atoms with van der Waals surface area (Å²) in [6.07, 6.45) is -0.561. The van der Waals surface area contributed by atoms with Crippen LogP contribution in [0.25, 0.3) is 0 Å². The van der Waals surface area contributed by atoms with E-state index in [1.807, 2.05) is 0 Å². The molecule has 0 saturated heterocycles. The van der Waals surface area contributed by atoms with Gasteiger partial charge >= 0.3 is 0 Å². The van der Waals surface area contributed by atoms with Gasteiger partial charge in [-0.1, -0.05) is 29.3 Å². The number of aliphatic hydroxyl groups excluding tert-OH is 1. The Bertz CT molecular complexity index is 600. The van der Waals surface area contributed by atoms with Crippen molar-refractivity contribution in [1.29, 1.82) is 0 Å². The molecule has 1 atom stereocenters. The average Bonchev–Trinajstić information content (AvgIpc) is 2.34. The van der Waals surface area contributed by atoms with Crippen LogP contribution in [-0.2, 0) is 0 Å². The first kappa shape index (κ1) is 14.7. The minimum Gasteiger partial charge on any atom is -0.455 e. The van der Waals surface area contributed by atoms with Crippen molar-refractivity contribution in [3.63, 3.8) is 0 Å². The lowest BCUT2D eigenvalue weighted by molar-refractivity contribution is 0.199. The Kier molecular flexibility index (Phi) is 4.74. The molecule has 100 valence electrons. The number of hydrogen-bond donors (Lipinski definition) is 1. The second-order valence-corrected chi connectivity index (χ2v) is 5.74. The van der Waals surface area contributed by atoms with E-state index in [9.17, 15) is 5.11 Å². The summed E-state index contributed by atoms with van der Waals surface area (Å²) in [6.45, 7) is 1.68. The van der Waals surface area contributed by atoms with Gasteiger partial charge in [0, 0.05) is 5.02 Å². The first-order valence-electron chi connectivity index (χ1n) is 5.58. The van der Waals surface area contributed by atoms with Crippen LogP contribution in [0.5, 0.6) is 11.5 Å². The van der Waals surface area contributed by atoms with Crippen molar-refractivity contribution >= 4 is 39.1 Å². The van der Waals surface area contributed by atoms with Crippen LogP contribution in [0.4, 0.5) is 0 Å². The minimum absolute atomic E-state index is 0.445. The predicted octanol–water partition coefficient (Wildman–Crippen LogP) is 5.60. The maximum Gasteiger partial charge on any atom is 0.146 e. The highest BCUT2D eigenvalue weighted by Gasteiger charge is 2.09. The Labute approximate surface area is 130 Å². The van der Waals surface area contributed by atoms with Gasteiger partial charge in [0.15, 0.2) is 0 Å². The van der Waals surface area contributed by atoms with E-state index in [2.05, 4.69) is 15.9 Å². The fourth-order valence-corrected chi connectivity index (χ4v) is 2.53. The summed E-state index contributed by atoms with van der Waals surface area (Å²) >= 11 is 15.4. The van der Waals surface area contributed by atoms with Crippen molar-refractivity contribution in [2.75, 3.05) is 0 Å². The third kappa shape index (κ3) is 3.63. The molecule has 0 radical (unpaired) electrons. The highest BCUT2D eigenvalue weighted by molar-refractivity contribution is 9.10. The fourth-order valence-electron chi connectivity index (χ4n) is 1.54. The summed E-state index contributed by atoms with van der Waals surface area (Å²) in [4.78, 5) is 0. The zero-order chi connectivity index (χ0) is 14.0. The van der Waals surface area contributed by atoms with Crippen LogP contribution >= 0.6 is 39.1 Å². The summed E-state index contributed by atoms with van der Waals surface area (Å²) in [5.41, 5.74) is 0.743. The predicted molar refractivity (Wildman–Crippen MR) is 81.3 cm³/mol. The van der Waals surface area contributed by atoms with Crippen molar-refractivity contribution in [1.82, 2.24) is 0 Å². The molecule has 0 aliphatic carbocycles. The molecule has 0 heterocycles. The number of halogens is 3. The molecule has 2 aromatic carbocycles. The molecule has 0 aliphatic heterocycles. The van der Waals surface area contributed by atoms with E-state index in [1.165, 1.54) is 0 Å². The van der Waals surface area contributed by atoms with Crippen molar-refractivity contribution in [3.8, 4) is 11.5 Å². The van der Waals surface area contributed by atoms with E-state index in [-0.39, 0.29) is 0 Å². The highest BCUT2D eigenvalue weighted by Crippen LogP contribution is 2.36. The number of benzene rings is 2. The summed E-state index contributed by atoms with van der Waals surface area (Å²) in [5.74, 6) is 1.14. The molecule has 0 amide bonds. The topological polar surface area (TPSA) is 29.5 Å². The molecule has 1 N–H and O–H groups in total. The van der Waals surface area contributed by atoms with Gasteiger partial charge in [-0.3, -0.25) is 0 Å². The number of ether oxygens (including phenoxy) is 1. The zero-order valence-electron chi connectivity index (χ0n) is 10.0. The Morgan fingerprint density at radius 1 is 1.11 bits per heavy atom. The highest BCUT2D eigenvalue weighted by atomic mass is 79.9. The van der Waals surface area contributed by atoms with Gasteiger partial charge in [-0.15, -0.1) is 0 Å². The molecule has 0 fully saturated rings. The molecular weight excluding hydrogens is 351 g/mol. The van der Waals surface area contributed by atoms with Crippen LogP contribution in [0.15, 0.2) is 40.9 Å². The van der Waals surface area contributed by atoms with Crippen LogP contribution in [0, 0.1) is 0 Å². The molecule has 2 aromatic rings. The second kappa shape index (κ2) is 6.14. The Morgan fingerprint density at radius 2 is 1.79 bits per heavy atom. The third-order valence-corrected chi connectivity index (χ3v) is 3.70. The van der Waals surface area contributed by atoms with Gasteiger partial charge in [0.05, 0.1) is 15.6 Å². The molecular formula is C14H11BrCl2O2. The van der Waals surface area contributed by atoms with E-state index >= 15 is 0 Å². The van der Waals surface area contributed by atoms with Gasteiger partial charge in [0.1, 0.15) is 11.5 Å². The van der Waals surface area contributed by atoms with Crippen LogP contribution in [-0.4, -0.2) is 5.11 Å². The van der Waals surface area contributed by atoms with Crippen LogP contribution in [0.2, 0.25) is 10.0 Å². The van der Waals surface area contributed by atoms with Crippen LogP contribution < -0.4 is 4.74 Å². The quantitative estimate of drug-likeness (QED) is 0.770. The van der Waals surface area contributed by atoms with Gasteiger partial charge in [0.2, 0.25) is 0 Å². The van der Waals surface area contributed by atoms with E-state index in [1.54, 1.807) is 43.3 Å². The summed E-state index contributed by atoms with van der Waals surface area (Å²) in [5, 5.41) is 10.5. The van der Waals surface area contributed by atoms with Crippen molar-refractivity contribution in [3.05, 3.63) is 56.5 Å². The maximum absolute atomic E-state index is 9.48. The lowest BCUT2D eigenvalue weighted by atomic mass is 10.1. The molecule has 19 heavy (non-hydrogen) atoms. The number of hydrogen-bond acceptors (Lipinski definition) is 2. The van der Waals surface area contributed by atoms with E-state index in [0.717, 1.165) is 10.0 Å². The molecule has 2 nitrogen and oxygen atoms in total. The molecule has 0 aliphatic rings. The van der Waals surface area contributed by atoms with Gasteiger partial charge in [0.25, 0.3) is 0 Å². The Hall–Kier alpha value is -0.740. The van der Waals surface area contributed by atoms with Gasteiger partial charge in [-0.2, -0.15) is 0 Å². The number of aliphatic hydroxyl groups is 1. The van der Waals surface area contributed by atoms with E-state index < -0.39 is 6.10 Å². The number of rotatable bonds is 3. The smallest absolute Gasteiger partial charge is 0.146 e. The second-order valence-electron chi connectivity index (χ2n) is 4.04. The lowest BCUT2D eigenvalue weighted by Gasteiger charge is -2.11. The van der Waals surface area contributed by atoms with Crippen LogP contribution in [0.3, 0.4) is 0 Å². The lowest BCUT2D eigenvalue weighted by Crippen LogP contribution is -1.92. The van der Waals surface area contributed by atoms with Gasteiger partial charge < -0.3 is 9.84 Å². The summed E-state index contributed by atoms with van der Waals surface area (Å²) < 4.78 is 6.46. The zero-order valence-corrected chi connectivity index (χ0v) is 13.1. The van der Waals surface area contributed by atoms with Crippen LogP contribution in [0.1, 0.15) is 18.6 Å². The van der Waals surface area contributed by atoms with Crippen molar-refractivity contribution in [2.24, 2.45) is 0 Å². The first-order valence-corrected chi connectivity index (χ1v) is 7.12. The largest absolute Gasteiger partial charge is 0.455 e. The van der Waals surface area contributed by atoms with Gasteiger partial charge in [-0.25, -0.2) is 0 Å². The molecule has 0 saturated carbocycles. The Balaban J connectivity index is 2.28. The third-order valence-electron chi connectivity index (χ3n) is 2.55.